The molecule has 1 aliphatic carbocycles. The fraction of sp³-hybridized carbons (Fsp3) is 0.360. The number of hydrogen-bond donors (Lipinski definition) is 1. The molecule has 0 bridgehead atoms. The molecular formula is C25H27N3O2. The highest BCUT2D eigenvalue weighted by Crippen LogP contribution is 2.31. The lowest BCUT2D eigenvalue weighted by molar-refractivity contribution is -0.132. The number of amides is 1. The van der Waals surface area contributed by atoms with E-state index in [9.17, 15) is 9.90 Å². The van der Waals surface area contributed by atoms with Crippen molar-refractivity contribution in [2.24, 2.45) is 5.92 Å². The monoisotopic (exact) mass is 401 g/mol. The Kier molecular flexibility index (Phi) is 5.13. The fourth-order valence-corrected chi connectivity index (χ4v) is 4.96. The molecule has 0 saturated carbocycles. The average molecular weight is 402 g/mol. The van der Waals surface area contributed by atoms with Gasteiger partial charge >= 0.3 is 0 Å². The third-order valence-electron chi connectivity index (χ3n) is 6.57. The molecule has 0 spiro atoms. The highest BCUT2D eigenvalue weighted by molar-refractivity contribution is 5.78. The standard InChI is InChI=1S/C25H27N3O2/c29-23(25-21-9-5-4-8-20(21)22-16-26-17-28(22)25)14-19-10-12-27(13-11-19)24(30)15-18-6-2-1-3-7-18/h1-8,16-17,19,23,29H,9-15H2. The molecule has 5 heteroatoms. The van der Waals surface area contributed by atoms with Gasteiger partial charge in [0.2, 0.25) is 5.91 Å². The van der Waals surface area contributed by atoms with Crippen molar-refractivity contribution in [3.05, 3.63) is 77.0 Å². The third kappa shape index (κ3) is 3.54. The molecule has 2 aromatic heterocycles. The number of benzene rings is 1. The largest absolute Gasteiger partial charge is 0.387 e. The van der Waals surface area contributed by atoms with Gasteiger partial charge in [0.05, 0.1) is 36.3 Å². The lowest BCUT2D eigenvalue weighted by Crippen LogP contribution is -2.39. The van der Waals surface area contributed by atoms with Crippen LogP contribution in [-0.4, -0.2) is 38.4 Å². The molecule has 3 heterocycles. The van der Waals surface area contributed by atoms with Crippen LogP contribution in [0.5, 0.6) is 0 Å². The molecule has 5 nitrogen and oxygen atoms in total. The summed E-state index contributed by atoms with van der Waals surface area (Å²) in [7, 11) is 0. The van der Waals surface area contributed by atoms with Crippen molar-refractivity contribution in [2.75, 3.05) is 13.1 Å². The van der Waals surface area contributed by atoms with Crippen LogP contribution in [0.1, 0.15) is 42.2 Å². The van der Waals surface area contributed by atoms with Crippen molar-refractivity contribution in [3.8, 4) is 0 Å². The predicted octanol–water partition coefficient (Wildman–Crippen LogP) is 2.85. The number of nitrogens with zero attached hydrogens (tertiary/aromatic N) is 3. The lowest BCUT2D eigenvalue weighted by Gasteiger charge is -2.33. The van der Waals surface area contributed by atoms with E-state index in [2.05, 4.69) is 27.6 Å². The number of imidazole rings is 1. The first-order valence-electron chi connectivity index (χ1n) is 10.8. The van der Waals surface area contributed by atoms with Crippen LogP contribution in [-0.2, 0) is 17.6 Å². The molecule has 3 aromatic rings. The second-order valence-corrected chi connectivity index (χ2v) is 8.46. The number of rotatable bonds is 5. The van der Waals surface area contributed by atoms with E-state index in [1.807, 2.05) is 47.8 Å². The molecule has 1 fully saturated rings. The first-order chi connectivity index (χ1) is 14.7. The van der Waals surface area contributed by atoms with E-state index < -0.39 is 6.10 Å². The maximum atomic E-state index is 12.6. The van der Waals surface area contributed by atoms with Crippen molar-refractivity contribution >= 4 is 17.5 Å². The summed E-state index contributed by atoms with van der Waals surface area (Å²) in [5, 5.41) is 12.3. The van der Waals surface area contributed by atoms with Crippen LogP contribution in [0.2, 0.25) is 0 Å². The van der Waals surface area contributed by atoms with Crippen LogP contribution < -0.4 is 5.22 Å². The Hall–Kier alpha value is -2.92. The number of hydrogen-bond acceptors (Lipinski definition) is 3. The number of fused-ring (bicyclic) bond motifs is 3. The Bertz CT molecular complexity index is 1120. The number of carbonyl (C=O) groups is 1. The predicted molar refractivity (Wildman–Crippen MR) is 117 cm³/mol. The van der Waals surface area contributed by atoms with E-state index in [4.69, 9.17) is 0 Å². The Balaban J connectivity index is 1.23. The summed E-state index contributed by atoms with van der Waals surface area (Å²) in [6.45, 7) is 1.55. The van der Waals surface area contributed by atoms with Gasteiger partial charge in [0.25, 0.3) is 0 Å². The average Bonchev–Trinajstić information content (AvgIpc) is 3.35. The summed E-state index contributed by atoms with van der Waals surface area (Å²) in [5.74, 6) is 0.626. The van der Waals surface area contributed by atoms with Crippen LogP contribution in [0.3, 0.4) is 0 Å². The van der Waals surface area contributed by atoms with Crippen molar-refractivity contribution in [1.82, 2.24) is 14.3 Å². The Morgan fingerprint density at radius 2 is 2.00 bits per heavy atom. The molecule has 1 aliphatic heterocycles. The van der Waals surface area contributed by atoms with Gasteiger partial charge in [0, 0.05) is 18.3 Å². The topological polar surface area (TPSA) is 57.8 Å². The normalized spacial score (nSPS) is 17.7. The van der Waals surface area contributed by atoms with Crippen LogP contribution in [0, 0.1) is 5.92 Å². The smallest absolute Gasteiger partial charge is 0.226 e. The zero-order chi connectivity index (χ0) is 20.5. The van der Waals surface area contributed by atoms with Gasteiger partial charge in [-0.3, -0.25) is 9.20 Å². The summed E-state index contributed by atoms with van der Waals surface area (Å²) in [5.41, 5.74) is 4.35. The second kappa shape index (κ2) is 8.07. The van der Waals surface area contributed by atoms with E-state index in [-0.39, 0.29) is 5.91 Å². The number of likely N-dealkylation sites (tertiary alicyclic amines) is 1. The highest BCUT2D eigenvalue weighted by atomic mass is 16.3. The van der Waals surface area contributed by atoms with E-state index in [1.54, 1.807) is 0 Å². The number of allylic oxidation sites excluding steroid dienone is 2. The minimum Gasteiger partial charge on any atom is -0.387 e. The molecule has 1 atom stereocenters. The summed E-state index contributed by atoms with van der Waals surface area (Å²) < 4.78 is 2.05. The van der Waals surface area contributed by atoms with E-state index in [0.29, 0.717) is 12.3 Å². The molecular weight excluding hydrogens is 374 g/mol. The molecule has 154 valence electrons. The van der Waals surface area contributed by atoms with Gasteiger partial charge in [-0.1, -0.05) is 48.6 Å². The van der Waals surface area contributed by atoms with Crippen LogP contribution in [0.15, 0.2) is 55.0 Å². The Morgan fingerprint density at radius 1 is 1.20 bits per heavy atom. The first-order valence-corrected chi connectivity index (χ1v) is 10.8. The van der Waals surface area contributed by atoms with Gasteiger partial charge in [-0.15, -0.1) is 0 Å². The maximum absolute atomic E-state index is 12.6. The van der Waals surface area contributed by atoms with Gasteiger partial charge in [0.15, 0.2) is 0 Å². The van der Waals surface area contributed by atoms with E-state index in [0.717, 1.165) is 55.5 Å². The van der Waals surface area contributed by atoms with Gasteiger partial charge in [0.1, 0.15) is 0 Å². The van der Waals surface area contributed by atoms with E-state index in [1.165, 1.54) is 10.8 Å². The highest BCUT2D eigenvalue weighted by Gasteiger charge is 2.28. The number of piperidine rings is 1. The quantitative estimate of drug-likeness (QED) is 0.715. The van der Waals surface area contributed by atoms with Crippen molar-refractivity contribution in [2.45, 2.75) is 38.2 Å². The fourth-order valence-electron chi connectivity index (χ4n) is 4.96. The summed E-state index contributed by atoms with van der Waals surface area (Å²) >= 11 is 0. The number of aromatic nitrogens is 2. The lowest BCUT2D eigenvalue weighted by atomic mass is 9.89. The summed E-state index contributed by atoms with van der Waals surface area (Å²) in [6.07, 6.45) is 13.4. The van der Waals surface area contributed by atoms with Gasteiger partial charge in [-0.2, -0.15) is 0 Å². The van der Waals surface area contributed by atoms with Gasteiger partial charge in [-0.05, 0) is 42.7 Å². The molecule has 0 radical (unpaired) electrons. The van der Waals surface area contributed by atoms with Crippen LogP contribution in [0.4, 0.5) is 0 Å². The van der Waals surface area contributed by atoms with Crippen LogP contribution >= 0.6 is 0 Å². The van der Waals surface area contributed by atoms with Crippen molar-refractivity contribution < 1.29 is 9.90 Å². The maximum Gasteiger partial charge on any atom is 0.226 e. The zero-order valence-electron chi connectivity index (χ0n) is 17.1. The molecule has 1 N–H and O–H groups in total. The summed E-state index contributed by atoms with van der Waals surface area (Å²) in [6, 6.07) is 9.93. The number of aliphatic hydroxyl groups is 1. The zero-order valence-corrected chi connectivity index (χ0v) is 17.1. The third-order valence-corrected chi connectivity index (χ3v) is 6.57. The molecule has 1 unspecified atom stereocenters. The molecule has 5 rings (SSSR count). The first kappa shape index (κ1) is 19.1. The number of aliphatic hydroxyl groups excluding tert-OH is 1. The van der Waals surface area contributed by atoms with Gasteiger partial charge < -0.3 is 10.0 Å². The SMILES string of the molecule is O=C(Cc1ccccc1)N1CCC(CC(O)c2c3c(c4cncn24)=CC=CC3)CC1. The molecule has 30 heavy (non-hydrogen) atoms. The van der Waals surface area contributed by atoms with Crippen molar-refractivity contribution in [3.63, 3.8) is 0 Å². The van der Waals surface area contributed by atoms with Crippen molar-refractivity contribution in [1.29, 1.82) is 0 Å². The molecule has 1 amide bonds. The van der Waals surface area contributed by atoms with Gasteiger partial charge in [-0.25, -0.2) is 4.98 Å². The molecule has 1 saturated heterocycles. The Labute approximate surface area is 176 Å². The molecule has 2 aliphatic rings. The molecule has 1 aromatic carbocycles. The number of carbonyl (C=O) groups excluding carboxylic acids is 1. The second-order valence-electron chi connectivity index (χ2n) is 8.46. The minimum absolute atomic E-state index is 0.202. The minimum atomic E-state index is -0.512. The van der Waals surface area contributed by atoms with Crippen LogP contribution in [0.25, 0.3) is 11.6 Å². The van der Waals surface area contributed by atoms with E-state index >= 15 is 0 Å². The summed E-state index contributed by atoms with van der Waals surface area (Å²) in [4.78, 5) is 18.9. The Morgan fingerprint density at radius 3 is 2.80 bits per heavy atom.